The van der Waals surface area contributed by atoms with Gasteiger partial charge in [-0.3, -0.25) is 0 Å². The summed E-state index contributed by atoms with van der Waals surface area (Å²) >= 11 is 0. The number of imidazole rings is 1. The van der Waals surface area contributed by atoms with Gasteiger partial charge in [0.2, 0.25) is 0 Å². The first-order valence-electron chi connectivity index (χ1n) is 9.14. The highest BCUT2D eigenvalue weighted by molar-refractivity contribution is 5.75. The van der Waals surface area contributed by atoms with Crippen molar-refractivity contribution < 1.29 is 0 Å². The fourth-order valence-electron chi connectivity index (χ4n) is 3.43. The third kappa shape index (κ3) is 3.63. The van der Waals surface area contributed by atoms with Crippen LogP contribution < -0.4 is 22.1 Å². The Balaban J connectivity index is 1.57. The van der Waals surface area contributed by atoms with Gasteiger partial charge in [0.05, 0.1) is 5.69 Å². The maximum absolute atomic E-state index is 6.01. The number of nitrogens with one attached hydrogen (secondary N) is 2. The molecular formula is C19H25N7. The summed E-state index contributed by atoms with van der Waals surface area (Å²) in [7, 11) is 0. The zero-order chi connectivity index (χ0) is 17.9. The zero-order valence-electron chi connectivity index (χ0n) is 14.7. The number of fused-ring (bicyclic) bond motifs is 1. The van der Waals surface area contributed by atoms with Crippen molar-refractivity contribution in [2.24, 2.45) is 11.5 Å². The van der Waals surface area contributed by atoms with E-state index in [4.69, 9.17) is 11.5 Å². The molecular weight excluding hydrogens is 326 g/mol. The molecule has 2 aromatic heterocycles. The van der Waals surface area contributed by atoms with E-state index in [-0.39, 0.29) is 0 Å². The van der Waals surface area contributed by atoms with E-state index in [2.05, 4.69) is 20.7 Å². The summed E-state index contributed by atoms with van der Waals surface area (Å²) < 4.78 is 1.80. The van der Waals surface area contributed by atoms with Crippen molar-refractivity contribution in [2.75, 3.05) is 10.6 Å². The minimum Gasteiger partial charge on any atom is -0.366 e. The van der Waals surface area contributed by atoms with Crippen molar-refractivity contribution in [2.45, 2.75) is 44.3 Å². The highest BCUT2D eigenvalue weighted by atomic mass is 15.3. The van der Waals surface area contributed by atoms with Gasteiger partial charge in [0.15, 0.2) is 5.65 Å². The van der Waals surface area contributed by atoms with Crippen LogP contribution in [0, 0.1) is 0 Å². The molecule has 4 rings (SSSR count). The SMILES string of the molecule is NCc1ccc(Nc2cc(N[C@H]3CC[C@H](N)CC3)nn3ccnc23)cc1. The maximum atomic E-state index is 6.01. The van der Waals surface area contributed by atoms with Crippen LogP contribution in [0.2, 0.25) is 0 Å². The van der Waals surface area contributed by atoms with Gasteiger partial charge >= 0.3 is 0 Å². The molecule has 3 aromatic rings. The van der Waals surface area contributed by atoms with E-state index in [0.717, 1.165) is 54.1 Å². The molecule has 0 bridgehead atoms. The molecule has 7 nitrogen and oxygen atoms in total. The summed E-state index contributed by atoms with van der Waals surface area (Å²) in [5.74, 6) is 0.844. The lowest BCUT2D eigenvalue weighted by Crippen LogP contribution is -2.33. The van der Waals surface area contributed by atoms with Gasteiger partial charge in [-0.25, -0.2) is 9.50 Å². The number of nitrogens with zero attached hydrogens (tertiary/aromatic N) is 3. The maximum Gasteiger partial charge on any atom is 0.177 e. The lowest BCUT2D eigenvalue weighted by Gasteiger charge is -2.27. The monoisotopic (exact) mass is 351 g/mol. The minimum absolute atomic E-state index is 0.339. The Bertz CT molecular complexity index is 863. The molecule has 0 saturated heterocycles. The van der Waals surface area contributed by atoms with Crippen molar-refractivity contribution in [3.63, 3.8) is 0 Å². The van der Waals surface area contributed by atoms with Crippen LogP contribution in [0.1, 0.15) is 31.2 Å². The molecule has 136 valence electrons. The molecule has 0 atom stereocenters. The van der Waals surface area contributed by atoms with E-state index < -0.39 is 0 Å². The summed E-state index contributed by atoms with van der Waals surface area (Å²) in [6, 6.07) is 10.9. The molecule has 7 heteroatoms. The Kier molecular flexibility index (Phi) is 4.73. The fraction of sp³-hybridized carbons (Fsp3) is 0.368. The highest BCUT2D eigenvalue weighted by Gasteiger charge is 2.19. The molecule has 0 aliphatic heterocycles. The number of hydrogen-bond acceptors (Lipinski definition) is 6. The largest absolute Gasteiger partial charge is 0.366 e. The summed E-state index contributed by atoms with van der Waals surface area (Å²) in [6.45, 7) is 0.541. The Morgan fingerprint density at radius 3 is 2.62 bits per heavy atom. The molecule has 1 aliphatic rings. The van der Waals surface area contributed by atoms with E-state index in [1.807, 2.05) is 36.5 Å². The van der Waals surface area contributed by atoms with Crippen molar-refractivity contribution in [3.8, 4) is 0 Å². The number of aromatic nitrogens is 3. The van der Waals surface area contributed by atoms with Gasteiger partial charge in [-0.2, -0.15) is 0 Å². The van der Waals surface area contributed by atoms with Crippen LogP contribution in [-0.4, -0.2) is 26.7 Å². The molecule has 1 aromatic carbocycles. The molecule has 1 saturated carbocycles. The van der Waals surface area contributed by atoms with Crippen LogP contribution in [0.25, 0.3) is 5.65 Å². The normalized spacial score (nSPS) is 20.2. The van der Waals surface area contributed by atoms with Crippen molar-refractivity contribution >= 4 is 22.8 Å². The second-order valence-electron chi connectivity index (χ2n) is 6.92. The van der Waals surface area contributed by atoms with Gasteiger partial charge in [-0.15, -0.1) is 5.10 Å². The zero-order valence-corrected chi connectivity index (χ0v) is 14.7. The first-order chi connectivity index (χ1) is 12.7. The molecule has 6 N–H and O–H groups in total. The Morgan fingerprint density at radius 2 is 1.88 bits per heavy atom. The number of anilines is 3. The third-order valence-corrected chi connectivity index (χ3v) is 4.95. The number of rotatable bonds is 5. The lowest BCUT2D eigenvalue weighted by molar-refractivity contribution is 0.410. The lowest BCUT2D eigenvalue weighted by atomic mass is 9.92. The first kappa shape index (κ1) is 16.8. The smallest absolute Gasteiger partial charge is 0.177 e. The average Bonchev–Trinajstić information content (AvgIpc) is 3.13. The van der Waals surface area contributed by atoms with E-state index in [0.29, 0.717) is 18.6 Å². The van der Waals surface area contributed by atoms with Gasteiger partial charge in [0.25, 0.3) is 0 Å². The van der Waals surface area contributed by atoms with Crippen LogP contribution in [0.3, 0.4) is 0 Å². The number of hydrogen-bond donors (Lipinski definition) is 4. The second-order valence-corrected chi connectivity index (χ2v) is 6.92. The standard InChI is InChI=1S/C19H25N7/c20-12-13-1-5-15(6-2-13)23-17-11-18(25-26-10-9-22-19(17)26)24-16-7-3-14(21)4-8-16/h1-2,5-6,9-11,14,16,23H,3-4,7-8,12,20-21H2,(H,24,25)/t14-,16-. The minimum atomic E-state index is 0.339. The molecule has 0 unspecified atom stereocenters. The second kappa shape index (κ2) is 7.31. The Morgan fingerprint density at radius 1 is 1.12 bits per heavy atom. The van der Waals surface area contributed by atoms with E-state index >= 15 is 0 Å². The highest BCUT2D eigenvalue weighted by Crippen LogP contribution is 2.26. The first-order valence-corrected chi connectivity index (χ1v) is 9.14. The third-order valence-electron chi connectivity index (χ3n) is 4.95. The average molecular weight is 351 g/mol. The molecule has 1 fully saturated rings. The van der Waals surface area contributed by atoms with Gasteiger partial charge in [0, 0.05) is 42.8 Å². The summed E-state index contributed by atoms with van der Waals surface area (Å²) in [4.78, 5) is 4.42. The molecule has 0 amide bonds. The van der Waals surface area contributed by atoms with E-state index in [1.54, 1.807) is 10.7 Å². The van der Waals surface area contributed by atoms with Crippen LogP contribution >= 0.6 is 0 Å². The van der Waals surface area contributed by atoms with Gasteiger partial charge in [0.1, 0.15) is 5.82 Å². The fourth-order valence-corrected chi connectivity index (χ4v) is 3.43. The number of nitrogens with two attached hydrogens (primary N) is 2. The van der Waals surface area contributed by atoms with Crippen molar-refractivity contribution in [1.82, 2.24) is 14.6 Å². The summed E-state index contributed by atoms with van der Waals surface area (Å²) in [5, 5.41) is 11.6. The molecule has 2 heterocycles. The number of benzene rings is 1. The quantitative estimate of drug-likeness (QED) is 0.563. The van der Waals surface area contributed by atoms with Gasteiger partial charge in [-0.05, 0) is 43.4 Å². The Hall–Kier alpha value is -2.64. The molecule has 0 radical (unpaired) electrons. The summed E-state index contributed by atoms with van der Waals surface area (Å²) in [5.41, 5.74) is 15.5. The van der Waals surface area contributed by atoms with Gasteiger partial charge in [-0.1, -0.05) is 12.1 Å². The molecule has 0 spiro atoms. The van der Waals surface area contributed by atoms with Crippen LogP contribution in [0.4, 0.5) is 17.2 Å². The van der Waals surface area contributed by atoms with Gasteiger partial charge < -0.3 is 22.1 Å². The predicted molar refractivity (Wildman–Crippen MR) is 104 cm³/mol. The Labute approximate surface area is 152 Å². The van der Waals surface area contributed by atoms with Crippen molar-refractivity contribution in [1.29, 1.82) is 0 Å². The summed E-state index contributed by atoms with van der Waals surface area (Å²) in [6.07, 6.45) is 7.89. The van der Waals surface area contributed by atoms with E-state index in [1.165, 1.54) is 0 Å². The molecule has 1 aliphatic carbocycles. The van der Waals surface area contributed by atoms with Crippen molar-refractivity contribution in [3.05, 3.63) is 48.3 Å². The van der Waals surface area contributed by atoms with Crippen LogP contribution in [0.5, 0.6) is 0 Å². The van der Waals surface area contributed by atoms with E-state index in [9.17, 15) is 0 Å². The predicted octanol–water partition coefficient (Wildman–Crippen LogP) is 2.61. The van der Waals surface area contributed by atoms with Crippen LogP contribution in [0.15, 0.2) is 42.7 Å². The molecule has 26 heavy (non-hydrogen) atoms. The topological polar surface area (TPSA) is 106 Å². The van der Waals surface area contributed by atoms with Crippen LogP contribution in [-0.2, 0) is 6.54 Å².